The second-order valence-electron chi connectivity index (χ2n) is 0.500. The van der Waals surface area contributed by atoms with E-state index in [-0.39, 0.29) is 87.0 Å². The van der Waals surface area contributed by atoms with E-state index in [0.717, 1.165) is 0 Å². The quantitative estimate of drug-likeness (QED) is 0.409. The molecule has 32 valence electrons. The van der Waals surface area contributed by atoms with Crippen molar-refractivity contribution in [2.24, 2.45) is 0 Å². The second kappa shape index (κ2) is 7.00. The third kappa shape index (κ3) is 50.6. The van der Waals surface area contributed by atoms with E-state index in [1.54, 1.807) is 0 Å². The third-order valence-electron chi connectivity index (χ3n) is 0. The Kier molecular flexibility index (Phi) is 16.5. The summed E-state index contributed by atoms with van der Waals surface area (Å²) in [6.45, 7) is 0. The second-order valence-corrected chi connectivity index (χ2v) is 1.50. The molecule has 0 unspecified atom stereocenters. The monoisotopic (exact) mass is 270 g/mol. The fraction of sp³-hybridized carbons (Fsp3) is 0. The molecular weight excluding hydrogens is 270 g/mol. The summed E-state index contributed by atoms with van der Waals surface area (Å²) >= 11 is 0. The summed E-state index contributed by atoms with van der Waals surface area (Å²) in [6, 6.07) is 0. The molecule has 7 heteroatoms. The number of rotatable bonds is 0. The molecule has 0 amide bonds. The van der Waals surface area contributed by atoms with Gasteiger partial charge >= 0.3 is 87.0 Å². The maximum atomic E-state index is 8.58. The Balaban J connectivity index is -0.0000000800. The average molecular weight is 270 g/mol. The Hall–Kier alpha value is 2.89. The van der Waals surface area contributed by atoms with Gasteiger partial charge in [0, 0.05) is 0 Å². The molecule has 0 aliphatic rings. The molecule has 0 aliphatic heterocycles. The van der Waals surface area contributed by atoms with Gasteiger partial charge in [-0.3, -0.25) is 0 Å². The van der Waals surface area contributed by atoms with Gasteiger partial charge in [-0.15, -0.1) is 0 Å². The van der Waals surface area contributed by atoms with E-state index in [4.69, 9.17) is 19.2 Å². The number of hydrogen-bond acceptors (Lipinski definition) is 4. The van der Waals surface area contributed by atoms with E-state index in [1.165, 1.54) is 0 Å². The van der Waals surface area contributed by atoms with E-state index in [9.17, 15) is 0 Å². The van der Waals surface area contributed by atoms with Crippen molar-refractivity contribution >= 4 is 9.05 Å². The molecule has 0 rings (SSSR count). The zero-order valence-corrected chi connectivity index (χ0v) is 11.5. The summed E-state index contributed by atoms with van der Waals surface area (Å²) < 4.78 is 0. The van der Waals surface area contributed by atoms with E-state index in [2.05, 4.69) is 0 Å². The van der Waals surface area contributed by atoms with Crippen LogP contribution < -0.4 is 70.6 Å². The maximum absolute atomic E-state index is 8.58. The van der Waals surface area contributed by atoms with Gasteiger partial charge < -0.3 is 28.2 Å². The fourth-order valence-corrected chi connectivity index (χ4v) is 0. The van der Waals surface area contributed by atoms with Crippen LogP contribution >= 0.6 is 0 Å². The van der Waals surface area contributed by atoms with Crippen LogP contribution in [0, 0.1) is 35.6 Å². The zero-order valence-electron chi connectivity index (χ0n) is 3.71. The SMILES string of the molecule is [K+].[La+3].[O-][Si]([O-])([O-])[O-]. The number of hydrogen-bond donors (Lipinski definition) is 0. The van der Waals surface area contributed by atoms with E-state index < -0.39 is 9.05 Å². The third-order valence-corrected chi connectivity index (χ3v) is 0. The molecule has 0 aromatic carbocycles. The molecule has 7 heavy (non-hydrogen) atoms. The van der Waals surface area contributed by atoms with Crippen molar-refractivity contribution in [1.29, 1.82) is 0 Å². The summed E-state index contributed by atoms with van der Waals surface area (Å²) in [4.78, 5) is 34.3. The fourth-order valence-electron chi connectivity index (χ4n) is 0. The van der Waals surface area contributed by atoms with Gasteiger partial charge in [0.2, 0.25) is 0 Å². The Morgan fingerprint density at radius 2 is 0.857 bits per heavy atom. The molecule has 0 spiro atoms. The van der Waals surface area contributed by atoms with Gasteiger partial charge in [0.05, 0.1) is 0 Å². The Morgan fingerprint density at radius 1 is 0.857 bits per heavy atom. The van der Waals surface area contributed by atoms with Crippen molar-refractivity contribution in [3.05, 3.63) is 0 Å². The Morgan fingerprint density at radius 3 is 0.857 bits per heavy atom. The first-order valence-electron chi connectivity index (χ1n) is 0.816. The average Bonchev–Trinajstić information content (AvgIpc) is 0.722. The van der Waals surface area contributed by atoms with Crippen LogP contribution in [0.25, 0.3) is 0 Å². The maximum Gasteiger partial charge on any atom is 3.00 e. The van der Waals surface area contributed by atoms with Gasteiger partial charge in [-0.1, -0.05) is 0 Å². The summed E-state index contributed by atoms with van der Waals surface area (Å²) in [5.41, 5.74) is 0. The van der Waals surface area contributed by atoms with Crippen LogP contribution in [0.4, 0.5) is 0 Å². The largest absolute Gasteiger partial charge is 3.00 e. The molecule has 0 saturated heterocycles. The summed E-state index contributed by atoms with van der Waals surface area (Å²) in [5.74, 6) is 0. The summed E-state index contributed by atoms with van der Waals surface area (Å²) in [7, 11) is -5.61. The van der Waals surface area contributed by atoms with Crippen molar-refractivity contribution in [2.45, 2.75) is 0 Å². The van der Waals surface area contributed by atoms with Crippen molar-refractivity contribution in [3.63, 3.8) is 0 Å². The van der Waals surface area contributed by atoms with Crippen LogP contribution in [0.3, 0.4) is 0 Å². The van der Waals surface area contributed by atoms with Crippen LogP contribution in [0.1, 0.15) is 0 Å². The molecule has 0 aliphatic carbocycles. The molecule has 4 nitrogen and oxygen atoms in total. The Labute approximate surface area is 112 Å². The topological polar surface area (TPSA) is 92.2 Å². The molecule has 0 atom stereocenters. The van der Waals surface area contributed by atoms with E-state index >= 15 is 0 Å². The van der Waals surface area contributed by atoms with E-state index in [0.29, 0.717) is 0 Å². The molecule has 0 aromatic rings. The first-order chi connectivity index (χ1) is 2.00. The van der Waals surface area contributed by atoms with Gasteiger partial charge in [-0.2, -0.15) is 0 Å². The summed E-state index contributed by atoms with van der Waals surface area (Å²) in [6.07, 6.45) is 0. The predicted molar refractivity (Wildman–Crippen MR) is 5.75 cm³/mol. The van der Waals surface area contributed by atoms with Crippen LogP contribution in [0.2, 0.25) is 0 Å². The summed E-state index contributed by atoms with van der Waals surface area (Å²) in [5, 5.41) is 0. The first kappa shape index (κ1) is 16.5. The van der Waals surface area contributed by atoms with Crippen molar-refractivity contribution in [2.75, 3.05) is 0 Å². The molecule has 0 heterocycles. The van der Waals surface area contributed by atoms with Crippen LogP contribution in [-0.2, 0) is 0 Å². The molecule has 0 bridgehead atoms. The van der Waals surface area contributed by atoms with Gasteiger partial charge in [-0.05, 0) is 0 Å². The Bertz CT molecular complexity index is 27.2. The molecule has 0 fully saturated rings. The minimum absolute atomic E-state index is 0. The van der Waals surface area contributed by atoms with Crippen LogP contribution in [-0.4, -0.2) is 9.05 Å². The van der Waals surface area contributed by atoms with E-state index in [1.807, 2.05) is 0 Å². The standard InChI is InChI=1S/K.La.O4Si/c;;1-5(2,3)4/q+1;+3;-4. The van der Waals surface area contributed by atoms with Gasteiger partial charge in [0.1, 0.15) is 0 Å². The normalized spacial score (nSPS) is 8.57. The van der Waals surface area contributed by atoms with Crippen molar-refractivity contribution in [1.82, 2.24) is 0 Å². The van der Waals surface area contributed by atoms with Gasteiger partial charge in [0.25, 0.3) is 0 Å². The molecular formula is KLaO4Si. The van der Waals surface area contributed by atoms with Crippen molar-refractivity contribution < 1.29 is 106 Å². The van der Waals surface area contributed by atoms with Crippen LogP contribution in [0.15, 0.2) is 0 Å². The zero-order chi connectivity index (χ0) is 4.50. The molecule has 0 saturated carbocycles. The van der Waals surface area contributed by atoms with Gasteiger partial charge in [0.15, 0.2) is 0 Å². The smallest absolute Gasteiger partial charge is 0.894 e. The molecule has 0 aromatic heterocycles. The first-order valence-corrected chi connectivity index (χ1v) is 2.45. The van der Waals surface area contributed by atoms with Gasteiger partial charge in [-0.25, -0.2) is 0 Å². The minimum Gasteiger partial charge on any atom is -0.894 e. The molecule has 0 N–H and O–H groups in total. The van der Waals surface area contributed by atoms with Crippen LogP contribution in [0.5, 0.6) is 0 Å². The molecule has 0 radical (unpaired) electrons. The predicted octanol–water partition coefficient (Wildman–Crippen LogP) is -8.13. The minimum atomic E-state index is -5.61. The van der Waals surface area contributed by atoms with Crippen molar-refractivity contribution in [3.8, 4) is 0 Å².